The van der Waals surface area contributed by atoms with Crippen molar-refractivity contribution in [3.05, 3.63) is 11.6 Å². The highest BCUT2D eigenvalue weighted by Crippen LogP contribution is 2.04. The van der Waals surface area contributed by atoms with E-state index in [9.17, 15) is 4.79 Å². The van der Waals surface area contributed by atoms with Crippen LogP contribution in [-0.2, 0) is 9.22 Å². The van der Waals surface area contributed by atoms with E-state index in [0.717, 1.165) is 0 Å². The standard InChI is InChI=1S/C9H18O3Si/c1-8(9(10)11)6-5-7-12-13(2,3)4/h6H,5,7H2,1-4H3,(H,10,11)/b8-6+. The summed E-state index contributed by atoms with van der Waals surface area (Å²) in [7, 11) is -1.43. The second kappa shape index (κ2) is 5.19. The van der Waals surface area contributed by atoms with Crippen molar-refractivity contribution < 1.29 is 14.3 Å². The van der Waals surface area contributed by atoms with E-state index in [0.29, 0.717) is 18.6 Å². The second-order valence-electron chi connectivity index (χ2n) is 3.94. The van der Waals surface area contributed by atoms with Gasteiger partial charge in [-0.1, -0.05) is 6.08 Å². The van der Waals surface area contributed by atoms with Gasteiger partial charge >= 0.3 is 5.97 Å². The molecule has 0 heterocycles. The lowest BCUT2D eigenvalue weighted by molar-refractivity contribution is -0.132. The van der Waals surface area contributed by atoms with Gasteiger partial charge in [0.25, 0.3) is 0 Å². The minimum atomic E-state index is -1.43. The zero-order chi connectivity index (χ0) is 10.5. The lowest BCUT2D eigenvalue weighted by Crippen LogP contribution is -2.25. The van der Waals surface area contributed by atoms with Crippen LogP contribution in [0.15, 0.2) is 11.6 Å². The molecule has 0 rings (SSSR count). The first kappa shape index (κ1) is 12.4. The minimum Gasteiger partial charge on any atom is -0.478 e. The van der Waals surface area contributed by atoms with Gasteiger partial charge in [0.05, 0.1) is 0 Å². The van der Waals surface area contributed by atoms with E-state index < -0.39 is 14.3 Å². The van der Waals surface area contributed by atoms with Crippen LogP contribution >= 0.6 is 0 Å². The Bertz CT molecular complexity index is 203. The number of hydrogen-bond donors (Lipinski definition) is 1. The van der Waals surface area contributed by atoms with E-state index in [2.05, 4.69) is 19.6 Å². The average Bonchev–Trinajstić information content (AvgIpc) is 1.95. The molecule has 0 aliphatic rings. The highest BCUT2D eigenvalue weighted by Gasteiger charge is 2.12. The Morgan fingerprint density at radius 3 is 2.38 bits per heavy atom. The first-order valence-corrected chi connectivity index (χ1v) is 7.78. The molecule has 0 fully saturated rings. The Labute approximate surface area is 80.5 Å². The number of carboxylic acid groups (broad SMARTS) is 1. The number of carbonyl (C=O) groups is 1. The van der Waals surface area contributed by atoms with E-state index in [4.69, 9.17) is 9.53 Å². The van der Waals surface area contributed by atoms with Crippen LogP contribution in [0.2, 0.25) is 19.6 Å². The van der Waals surface area contributed by atoms with Crippen molar-refractivity contribution in [1.29, 1.82) is 0 Å². The van der Waals surface area contributed by atoms with Gasteiger partial charge in [-0.15, -0.1) is 0 Å². The smallest absolute Gasteiger partial charge is 0.330 e. The third-order valence-corrected chi connectivity index (χ3v) is 2.51. The summed E-state index contributed by atoms with van der Waals surface area (Å²) in [5.74, 6) is -0.854. The molecule has 0 spiro atoms. The van der Waals surface area contributed by atoms with Gasteiger partial charge in [0.2, 0.25) is 0 Å². The normalized spacial score (nSPS) is 13.1. The van der Waals surface area contributed by atoms with E-state index in [1.165, 1.54) is 0 Å². The Kier molecular flexibility index (Phi) is 4.94. The fourth-order valence-electron chi connectivity index (χ4n) is 0.728. The van der Waals surface area contributed by atoms with Crippen molar-refractivity contribution in [2.24, 2.45) is 0 Å². The molecule has 0 unspecified atom stereocenters. The van der Waals surface area contributed by atoms with Crippen LogP contribution in [-0.4, -0.2) is 26.0 Å². The third-order valence-electron chi connectivity index (χ3n) is 1.44. The van der Waals surface area contributed by atoms with Gasteiger partial charge in [-0.2, -0.15) is 0 Å². The molecule has 4 heteroatoms. The zero-order valence-electron chi connectivity index (χ0n) is 8.76. The van der Waals surface area contributed by atoms with Gasteiger partial charge in [-0.3, -0.25) is 0 Å². The van der Waals surface area contributed by atoms with Crippen LogP contribution in [0.4, 0.5) is 0 Å². The fraction of sp³-hybridized carbons (Fsp3) is 0.667. The van der Waals surface area contributed by atoms with Crippen LogP contribution in [0.25, 0.3) is 0 Å². The topological polar surface area (TPSA) is 46.5 Å². The van der Waals surface area contributed by atoms with Crippen molar-refractivity contribution >= 4 is 14.3 Å². The molecule has 1 N–H and O–H groups in total. The van der Waals surface area contributed by atoms with E-state index in [1.807, 2.05) is 0 Å². The van der Waals surface area contributed by atoms with Crippen molar-refractivity contribution in [2.75, 3.05) is 6.61 Å². The average molecular weight is 202 g/mol. The van der Waals surface area contributed by atoms with Crippen LogP contribution in [0.5, 0.6) is 0 Å². The lowest BCUT2D eigenvalue weighted by atomic mass is 10.2. The first-order valence-electron chi connectivity index (χ1n) is 4.37. The quantitative estimate of drug-likeness (QED) is 0.422. The molecular weight excluding hydrogens is 184 g/mol. The molecule has 0 amide bonds. The summed E-state index contributed by atoms with van der Waals surface area (Å²) in [6, 6.07) is 0. The Morgan fingerprint density at radius 1 is 1.46 bits per heavy atom. The predicted molar refractivity (Wildman–Crippen MR) is 55.3 cm³/mol. The summed E-state index contributed by atoms with van der Waals surface area (Å²) < 4.78 is 5.56. The monoisotopic (exact) mass is 202 g/mol. The van der Waals surface area contributed by atoms with Crippen molar-refractivity contribution in [3.8, 4) is 0 Å². The summed E-state index contributed by atoms with van der Waals surface area (Å²) in [4.78, 5) is 10.4. The molecule has 0 aromatic heterocycles. The largest absolute Gasteiger partial charge is 0.478 e. The molecule has 0 atom stereocenters. The van der Waals surface area contributed by atoms with E-state index in [1.54, 1.807) is 13.0 Å². The minimum absolute atomic E-state index is 0.388. The van der Waals surface area contributed by atoms with Crippen molar-refractivity contribution in [2.45, 2.75) is 33.0 Å². The number of aliphatic carboxylic acids is 1. The number of carboxylic acids is 1. The first-order chi connectivity index (χ1) is 5.83. The highest BCUT2D eigenvalue weighted by atomic mass is 28.4. The van der Waals surface area contributed by atoms with Crippen LogP contribution < -0.4 is 0 Å². The Morgan fingerprint density at radius 2 is 2.00 bits per heavy atom. The molecule has 0 radical (unpaired) electrons. The molecule has 0 bridgehead atoms. The fourth-order valence-corrected chi connectivity index (χ4v) is 1.46. The van der Waals surface area contributed by atoms with Gasteiger partial charge < -0.3 is 9.53 Å². The summed E-state index contributed by atoms with van der Waals surface area (Å²) in [6.45, 7) is 8.56. The zero-order valence-corrected chi connectivity index (χ0v) is 9.76. The molecule has 0 aliphatic carbocycles. The van der Waals surface area contributed by atoms with Crippen LogP contribution in [0.1, 0.15) is 13.3 Å². The molecule has 0 aliphatic heterocycles. The summed E-state index contributed by atoms with van der Waals surface area (Å²) in [5.41, 5.74) is 0.388. The maximum atomic E-state index is 10.4. The molecule has 3 nitrogen and oxygen atoms in total. The lowest BCUT2D eigenvalue weighted by Gasteiger charge is -2.15. The van der Waals surface area contributed by atoms with Gasteiger partial charge in [0, 0.05) is 12.2 Å². The second-order valence-corrected chi connectivity index (χ2v) is 8.46. The molecule has 13 heavy (non-hydrogen) atoms. The van der Waals surface area contributed by atoms with Gasteiger partial charge in [0.1, 0.15) is 0 Å². The highest BCUT2D eigenvalue weighted by molar-refractivity contribution is 6.69. The van der Waals surface area contributed by atoms with Crippen molar-refractivity contribution in [3.63, 3.8) is 0 Å². The number of rotatable bonds is 5. The van der Waals surface area contributed by atoms with Crippen LogP contribution in [0.3, 0.4) is 0 Å². The van der Waals surface area contributed by atoms with E-state index >= 15 is 0 Å². The maximum absolute atomic E-state index is 10.4. The maximum Gasteiger partial charge on any atom is 0.330 e. The van der Waals surface area contributed by atoms with Gasteiger partial charge in [0.15, 0.2) is 8.32 Å². The van der Waals surface area contributed by atoms with Gasteiger partial charge in [-0.05, 0) is 33.0 Å². The molecule has 0 aromatic carbocycles. The summed E-state index contributed by atoms with van der Waals surface area (Å²) in [6.07, 6.45) is 2.38. The number of hydrogen-bond acceptors (Lipinski definition) is 2. The molecular formula is C9H18O3Si. The summed E-state index contributed by atoms with van der Waals surface area (Å²) >= 11 is 0. The van der Waals surface area contributed by atoms with Crippen molar-refractivity contribution in [1.82, 2.24) is 0 Å². The molecule has 0 aromatic rings. The van der Waals surface area contributed by atoms with Gasteiger partial charge in [-0.25, -0.2) is 4.79 Å². The SMILES string of the molecule is C/C(=C\CCO[Si](C)(C)C)C(=O)O. The predicted octanol–water partition coefficient (Wildman–Crippen LogP) is 2.26. The summed E-state index contributed by atoms with van der Waals surface area (Å²) in [5, 5.41) is 8.54. The molecule has 0 saturated heterocycles. The molecule has 0 saturated carbocycles. The van der Waals surface area contributed by atoms with Crippen LogP contribution in [0, 0.1) is 0 Å². The van der Waals surface area contributed by atoms with E-state index in [-0.39, 0.29) is 0 Å². The third kappa shape index (κ3) is 7.74. The Balaban J connectivity index is 3.68. The molecule has 76 valence electrons. The Hall–Kier alpha value is -0.613.